The van der Waals surface area contributed by atoms with Crippen LogP contribution in [0.25, 0.3) is 0 Å². The number of fused-ring (bicyclic) bond motifs is 1. The van der Waals surface area contributed by atoms with Crippen molar-refractivity contribution in [3.05, 3.63) is 54.3 Å². The van der Waals surface area contributed by atoms with Gasteiger partial charge in [-0.3, -0.25) is 4.90 Å². The van der Waals surface area contributed by atoms with E-state index >= 15 is 0 Å². The second-order valence-corrected chi connectivity index (χ2v) is 7.41. The molecule has 2 aromatic carbocycles. The number of hydrogen-bond acceptors (Lipinski definition) is 4. The van der Waals surface area contributed by atoms with E-state index in [1.165, 1.54) is 6.07 Å². The first-order valence-corrected chi connectivity index (χ1v) is 9.17. The van der Waals surface area contributed by atoms with Crippen LogP contribution in [-0.2, 0) is 10.8 Å². The Hall–Kier alpha value is -2.05. The van der Waals surface area contributed by atoms with Crippen LogP contribution in [0.3, 0.4) is 0 Å². The summed E-state index contributed by atoms with van der Waals surface area (Å²) in [6, 6.07) is 14.5. The summed E-state index contributed by atoms with van der Waals surface area (Å²) in [6.45, 7) is 3.73. The highest BCUT2D eigenvalue weighted by Crippen LogP contribution is 2.30. The van der Waals surface area contributed by atoms with Gasteiger partial charge in [-0.2, -0.15) is 0 Å². The molecule has 1 fully saturated rings. The summed E-state index contributed by atoms with van der Waals surface area (Å²) in [5.74, 6) is -0.178. The molecule has 2 aliphatic heterocycles. The number of benzene rings is 2. The molecule has 4 rings (SSSR count). The lowest BCUT2D eigenvalue weighted by Gasteiger charge is -2.36. The van der Waals surface area contributed by atoms with E-state index in [1.807, 2.05) is 36.4 Å². The number of anilines is 1. The molecule has 1 saturated heterocycles. The van der Waals surface area contributed by atoms with Crippen molar-refractivity contribution >= 4 is 27.2 Å². The summed E-state index contributed by atoms with van der Waals surface area (Å²) >= 11 is 0. The van der Waals surface area contributed by atoms with Gasteiger partial charge in [-0.1, -0.05) is 24.3 Å². The second kappa shape index (κ2) is 6.45. The predicted octanol–water partition coefficient (Wildman–Crippen LogP) is 2.80. The van der Waals surface area contributed by atoms with E-state index in [0.29, 0.717) is 12.2 Å². The van der Waals surface area contributed by atoms with Crippen LogP contribution in [0.4, 0.5) is 15.8 Å². The van der Waals surface area contributed by atoms with Gasteiger partial charge in [0.15, 0.2) is 0 Å². The van der Waals surface area contributed by atoms with Crippen LogP contribution in [-0.4, -0.2) is 46.9 Å². The standard InChI is InChI=1S/C18H18FN3OS/c19-14-5-1-3-7-16(14)22-11-9-21(10-12-22)13-18-20-15-6-2-4-8-17(15)24(18)23/h1-8H,9-13H2. The van der Waals surface area contributed by atoms with Crippen molar-refractivity contribution in [1.82, 2.24) is 4.90 Å². The lowest BCUT2D eigenvalue weighted by Crippen LogP contribution is -2.48. The summed E-state index contributed by atoms with van der Waals surface area (Å²) in [5.41, 5.74) is 1.47. The molecule has 2 heterocycles. The molecule has 0 aliphatic carbocycles. The number of hydrogen-bond donors (Lipinski definition) is 0. The van der Waals surface area contributed by atoms with E-state index in [0.717, 1.165) is 41.8 Å². The van der Waals surface area contributed by atoms with Crippen LogP contribution in [0.15, 0.2) is 58.4 Å². The Morgan fingerprint density at radius 3 is 2.46 bits per heavy atom. The van der Waals surface area contributed by atoms with Crippen LogP contribution in [0, 0.1) is 5.82 Å². The average Bonchev–Trinajstić information content (AvgIpc) is 2.93. The minimum absolute atomic E-state index is 0.178. The van der Waals surface area contributed by atoms with Crippen LogP contribution >= 0.6 is 0 Å². The summed E-state index contributed by atoms with van der Waals surface area (Å²) in [5, 5.41) is 0.718. The maximum atomic E-state index is 13.9. The Labute approximate surface area is 143 Å². The zero-order chi connectivity index (χ0) is 16.5. The maximum absolute atomic E-state index is 13.9. The van der Waals surface area contributed by atoms with Gasteiger partial charge in [0.2, 0.25) is 0 Å². The molecule has 0 amide bonds. The smallest absolute Gasteiger partial charge is 0.146 e. The fourth-order valence-electron chi connectivity index (χ4n) is 3.15. The number of piperazine rings is 1. The first kappa shape index (κ1) is 15.5. The summed E-state index contributed by atoms with van der Waals surface area (Å²) < 4.78 is 26.4. The number of nitrogens with zero attached hydrogens (tertiary/aromatic N) is 3. The molecule has 1 atom stereocenters. The van der Waals surface area contributed by atoms with Gasteiger partial charge in [0, 0.05) is 32.7 Å². The Morgan fingerprint density at radius 2 is 1.71 bits per heavy atom. The van der Waals surface area contributed by atoms with E-state index < -0.39 is 10.8 Å². The summed E-state index contributed by atoms with van der Waals surface area (Å²) in [4.78, 5) is 9.62. The van der Waals surface area contributed by atoms with Gasteiger partial charge < -0.3 is 4.90 Å². The first-order chi connectivity index (χ1) is 11.7. The van der Waals surface area contributed by atoms with E-state index in [4.69, 9.17) is 0 Å². The fraction of sp³-hybridized carbons (Fsp3) is 0.278. The highest BCUT2D eigenvalue weighted by atomic mass is 32.2. The van der Waals surface area contributed by atoms with Crippen molar-refractivity contribution in [2.75, 3.05) is 37.6 Å². The van der Waals surface area contributed by atoms with E-state index in [-0.39, 0.29) is 5.82 Å². The second-order valence-electron chi connectivity index (χ2n) is 5.96. The maximum Gasteiger partial charge on any atom is 0.146 e. The molecule has 24 heavy (non-hydrogen) atoms. The Balaban J connectivity index is 1.40. The number of halogens is 1. The zero-order valence-corrected chi connectivity index (χ0v) is 14.0. The van der Waals surface area contributed by atoms with Crippen molar-refractivity contribution in [2.45, 2.75) is 4.90 Å². The van der Waals surface area contributed by atoms with Crippen molar-refractivity contribution in [2.24, 2.45) is 4.99 Å². The van der Waals surface area contributed by atoms with Gasteiger partial charge >= 0.3 is 0 Å². The normalized spacial score (nSPS) is 20.8. The van der Waals surface area contributed by atoms with Crippen molar-refractivity contribution in [3.8, 4) is 0 Å². The van der Waals surface area contributed by atoms with Gasteiger partial charge in [0.05, 0.1) is 16.3 Å². The van der Waals surface area contributed by atoms with Crippen LogP contribution in [0.5, 0.6) is 0 Å². The molecule has 4 nitrogen and oxygen atoms in total. The fourth-order valence-corrected chi connectivity index (χ4v) is 4.39. The van der Waals surface area contributed by atoms with E-state index in [9.17, 15) is 8.60 Å². The third-order valence-corrected chi connectivity index (χ3v) is 5.84. The van der Waals surface area contributed by atoms with Crippen molar-refractivity contribution < 1.29 is 8.60 Å². The topological polar surface area (TPSA) is 35.9 Å². The largest absolute Gasteiger partial charge is 0.367 e. The molecule has 0 N–H and O–H groups in total. The number of aliphatic imine (C=N–C) groups is 1. The van der Waals surface area contributed by atoms with Gasteiger partial charge in [-0.15, -0.1) is 0 Å². The minimum Gasteiger partial charge on any atom is -0.367 e. The molecule has 1 unspecified atom stereocenters. The number of para-hydroxylation sites is 2. The van der Waals surface area contributed by atoms with Crippen LogP contribution in [0.2, 0.25) is 0 Å². The molecule has 6 heteroatoms. The molecule has 2 aromatic rings. The quantitative estimate of drug-likeness (QED) is 0.860. The van der Waals surface area contributed by atoms with Gasteiger partial charge in [0.1, 0.15) is 21.7 Å². The minimum atomic E-state index is -1.15. The highest BCUT2D eigenvalue weighted by Gasteiger charge is 2.26. The van der Waals surface area contributed by atoms with E-state index in [1.54, 1.807) is 6.07 Å². The molecular formula is C18H18FN3OS. The highest BCUT2D eigenvalue weighted by molar-refractivity contribution is 8.01. The van der Waals surface area contributed by atoms with Crippen LogP contribution in [0.1, 0.15) is 0 Å². The van der Waals surface area contributed by atoms with Gasteiger partial charge in [0.25, 0.3) is 0 Å². The lowest BCUT2D eigenvalue weighted by atomic mass is 10.2. The van der Waals surface area contributed by atoms with Gasteiger partial charge in [-0.25, -0.2) is 13.6 Å². The van der Waals surface area contributed by atoms with Crippen LogP contribution < -0.4 is 4.90 Å². The molecule has 0 spiro atoms. The predicted molar refractivity (Wildman–Crippen MR) is 95.0 cm³/mol. The molecule has 2 aliphatic rings. The Morgan fingerprint density at radius 1 is 1.00 bits per heavy atom. The molecule has 124 valence electrons. The lowest BCUT2D eigenvalue weighted by molar-refractivity contribution is 0.292. The molecule has 0 bridgehead atoms. The first-order valence-electron chi connectivity index (χ1n) is 8.02. The third-order valence-electron chi connectivity index (χ3n) is 4.45. The SMILES string of the molecule is O=S1C(CN2CCN(c3ccccc3F)CC2)=Nc2ccccc21. The monoisotopic (exact) mass is 343 g/mol. The summed E-state index contributed by atoms with van der Waals surface area (Å²) in [7, 11) is -1.15. The average molecular weight is 343 g/mol. The number of rotatable bonds is 3. The van der Waals surface area contributed by atoms with E-state index in [2.05, 4.69) is 14.8 Å². The van der Waals surface area contributed by atoms with Gasteiger partial charge in [-0.05, 0) is 24.3 Å². The van der Waals surface area contributed by atoms with Crippen molar-refractivity contribution in [1.29, 1.82) is 0 Å². The Bertz CT molecular complexity index is 815. The molecular weight excluding hydrogens is 325 g/mol. The molecule has 0 aromatic heterocycles. The van der Waals surface area contributed by atoms with Crippen molar-refractivity contribution in [3.63, 3.8) is 0 Å². The molecule has 0 radical (unpaired) electrons. The summed E-state index contributed by atoms with van der Waals surface area (Å²) in [6.07, 6.45) is 0. The Kier molecular flexibility index (Phi) is 4.16. The third kappa shape index (κ3) is 2.87. The zero-order valence-electron chi connectivity index (χ0n) is 13.2. The molecule has 0 saturated carbocycles.